The molecule has 0 radical (unpaired) electrons. The molecule has 0 amide bonds. The molecule has 4 aromatic rings. The molecule has 0 aliphatic carbocycles. The van der Waals surface area contributed by atoms with E-state index in [0.717, 1.165) is 33.7 Å². The molecule has 138 valence electrons. The first kappa shape index (κ1) is 17.4. The zero-order chi connectivity index (χ0) is 18.8. The lowest BCUT2D eigenvalue weighted by atomic mass is 10.1. The molecule has 0 unspecified atom stereocenters. The largest absolute Gasteiger partial charge is 0.386 e. The number of rotatable bonds is 6. The van der Waals surface area contributed by atoms with E-state index in [9.17, 15) is 5.11 Å². The zero-order valence-corrected chi connectivity index (χ0v) is 15.2. The third-order valence-electron chi connectivity index (χ3n) is 4.33. The SMILES string of the molecule is CC(C)OC[C@H](O)c1cnc2c(ccn2-c2cccc(-c3ncn[nH]3)c2)c1. The van der Waals surface area contributed by atoms with Crippen LogP contribution in [0, 0.1) is 0 Å². The number of fused-ring (bicyclic) bond motifs is 1. The van der Waals surface area contributed by atoms with Crippen LogP contribution in [0.2, 0.25) is 0 Å². The Balaban J connectivity index is 1.65. The van der Waals surface area contributed by atoms with Gasteiger partial charge in [-0.2, -0.15) is 5.10 Å². The van der Waals surface area contributed by atoms with Crippen LogP contribution in [0.5, 0.6) is 0 Å². The zero-order valence-electron chi connectivity index (χ0n) is 15.2. The van der Waals surface area contributed by atoms with Gasteiger partial charge in [-0.25, -0.2) is 9.97 Å². The Morgan fingerprint density at radius 2 is 2.07 bits per heavy atom. The highest BCUT2D eigenvalue weighted by Gasteiger charge is 2.13. The predicted octanol–water partition coefficient (Wildman–Crippen LogP) is 3.27. The molecule has 1 aromatic carbocycles. The smallest absolute Gasteiger partial charge is 0.155 e. The minimum Gasteiger partial charge on any atom is -0.386 e. The summed E-state index contributed by atoms with van der Waals surface area (Å²) in [6.07, 6.45) is 4.55. The number of aliphatic hydroxyl groups excluding tert-OH is 1. The third kappa shape index (κ3) is 3.60. The molecule has 0 saturated heterocycles. The monoisotopic (exact) mass is 363 g/mol. The molecular formula is C20H21N5O2. The van der Waals surface area contributed by atoms with Gasteiger partial charge in [-0.15, -0.1) is 0 Å². The first-order valence-corrected chi connectivity index (χ1v) is 8.84. The number of ether oxygens (including phenoxy) is 1. The van der Waals surface area contributed by atoms with Gasteiger partial charge >= 0.3 is 0 Å². The van der Waals surface area contributed by atoms with Gasteiger partial charge in [0.25, 0.3) is 0 Å². The van der Waals surface area contributed by atoms with E-state index >= 15 is 0 Å². The standard InChI is InChI=1S/C20H21N5O2/c1-13(2)27-11-18(26)16-8-15-6-7-25(20(15)21-10-16)17-5-3-4-14(9-17)19-22-12-23-24-19/h3-10,12-13,18,26H,11H2,1-2H3,(H,22,23,24)/t18-/m0/s1. The molecule has 2 N–H and O–H groups in total. The summed E-state index contributed by atoms with van der Waals surface area (Å²) < 4.78 is 7.51. The van der Waals surface area contributed by atoms with Gasteiger partial charge in [-0.3, -0.25) is 5.10 Å². The highest BCUT2D eigenvalue weighted by Crippen LogP contribution is 2.24. The Kier molecular flexibility index (Phi) is 4.70. The summed E-state index contributed by atoms with van der Waals surface area (Å²) >= 11 is 0. The minimum absolute atomic E-state index is 0.0778. The fraction of sp³-hybridized carbons (Fsp3) is 0.250. The van der Waals surface area contributed by atoms with Crippen molar-refractivity contribution in [1.82, 2.24) is 24.7 Å². The maximum absolute atomic E-state index is 10.3. The van der Waals surface area contributed by atoms with E-state index in [1.807, 2.05) is 61.0 Å². The molecule has 3 heterocycles. The number of H-pyrrole nitrogens is 1. The first-order valence-electron chi connectivity index (χ1n) is 8.84. The molecule has 0 aliphatic heterocycles. The van der Waals surface area contributed by atoms with Crippen LogP contribution < -0.4 is 0 Å². The number of aliphatic hydroxyl groups is 1. The van der Waals surface area contributed by atoms with Crippen LogP contribution in [-0.4, -0.2) is 42.5 Å². The molecule has 7 heteroatoms. The number of pyridine rings is 1. The van der Waals surface area contributed by atoms with Crippen LogP contribution in [0.4, 0.5) is 0 Å². The number of benzene rings is 1. The fourth-order valence-electron chi connectivity index (χ4n) is 2.96. The average molecular weight is 363 g/mol. The summed E-state index contributed by atoms with van der Waals surface area (Å²) in [4.78, 5) is 8.77. The van der Waals surface area contributed by atoms with Crippen LogP contribution in [0.3, 0.4) is 0 Å². The van der Waals surface area contributed by atoms with Gasteiger partial charge in [-0.05, 0) is 38.1 Å². The van der Waals surface area contributed by atoms with E-state index < -0.39 is 6.10 Å². The van der Waals surface area contributed by atoms with E-state index in [1.54, 1.807) is 6.20 Å². The molecule has 27 heavy (non-hydrogen) atoms. The Hall–Kier alpha value is -3.03. The highest BCUT2D eigenvalue weighted by atomic mass is 16.5. The number of aromatic nitrogens is 5. The van der Waals surface area contributed by atoms with Crippen LogP contribution in [0.15, 0.2) is 55.1 Å². The van der Waals surface area contributed by atoms with Crippen molar-refractivity contribution in [1.29, 1.82) is 0 Å². The van der Waals surface area contributed by atoms with Crippen LogP contribution in [0.1, 0.15) is 25.5 Å². The number of nitrogens with one attached hydrogen (secondary N) is 1. The maximum Gasteiger partial charge on any atom is 0.155 e. The molecule has 0 fully saturated rings. The summed E-state index contributed by atoms with van der Waals surface area (Å²) in [5.74, 6) is 0.719. The lowest BCUT2D eigenvalue weighted by Crippen LogP contribution is -2.12. The topological polar surface area (TPSA) is 88.8 Å². The minimum atomic E-state index is -0.692. The lowest BCUT2D eigenvalue weighted by Gasteiger charge is -2.14. The number of nitrogens with zero attached hydrogens (tertiary/aromatic N) is 4. The second-order valence-corrected chi connectivity index (χ2v) is 6.65. The van der Waals surface area contributed by atoms with Crippen molar-refractivity contribution < 1.29 is 9.84 Å². The Bertz CT molecular complexity index is 1040. The summed E-state index contributed by atoms with van der Waals surface area (Å²) in [5, 5.41) is 18.0. The molecule has 0 saturated carbocycles. The molecule has 0 aliphatic rings. The van der Waals surface area contributed by atoms with Crippen molar-refractivity contribution in [3.63, 3.8) is 0 Å². The molecule has 7 nitrogen and oxygen atoms in total. The van der Waals surface area contributed by atoms with E-state index in [2.05, 4.69) is 20.2 Å². The van der Waals surface area contributed by atoms with Gasteiger partial charge in [0.1, 0.15) is 18.1 Å². The van der Waals surface area contributed by atoms with Gasteiger partial charge in [0, 0.05) is 34.6 Å². The Morgan fingerprint density at radius 1 is 1.19 bits per heavy atom. The quantitative estimate of drug-likeness (QED) is 0.549. The van der Waals surface area contributed by atoms with Crippen molar-refractivity contribution >= 4 is 11.0 Å². The Morgan fingerprint density at radius 3 is 2.85 bits per heavy atom. The molecule has 3 aromatic heterocycles. The van der Waals surface area contributed by atoms with Gasteiger partial charge < -0.3 is 14.4 Å². The van der Waals surface area contributed by atoms with Crippen molar-refractivity contribution in [2.75, 3.05) is 6.61 Å². The summed E-state index contributed by atoms with van der Waals surface area (Å²) in [7, 11) is 0. The van der Waals surface area contributed by atoms with E-state index in [-0.39, 0.29) is 12.7 Å². The second-order valence-electron chi connectivity index (χ2n) is 6.65. The van der Waals surface area contributed by atoms with Crippen LogP contribution >= 0.6 is 0 Å². The van der Waals surface area contributed by atoms with E-state index in [1.165, 1.54) is 6.33 Å². The predicted molar refractivity (Wildman–Crippen MR) is 102 cm³/mol. The normalized spacial score (nSPS) is 12.7. The maximum atomic E-state index is 10.3. The number of hydrogen-bond acceptors (Lipinski definition) is 5. The molecule has 0 bridgehead atoms. The molecule has 1 atom stereocenters. The summed E-state index contributed by atoms with van der Waals surface area (Å²) in [6.45, 7) is 4.15. The van der Waals surface area contributed by atoms with Crippen molar-refractivity contribution in [3.8, 4) is 17.1 Å². The van der Waals surface area contributed by atoms with Gasteiger partial charge in [0.05, 0.1) is 12.7 Å². The number of aromatic amines is 1. The average Bonchev–Trinajstić information content (AvgIpc) is 3.35. The van der Waals surface area contributed by atoms with E-state index in [0.29, 0.717) is 0 Å². The third-order valence-corrected chi connectivity index (χ3v) is 4.33. The van der Waals surface area contributed by atoms with Crippen molar-refractivity contribution in [2.24, 2.45) is 0 Å². The number of hydrogen-bond donors (Lipinski definition) is 2. The summed E-state index contributed by atoms with van der Waals surface area (Å²) in [5.41, 5.74) is 3.49. The molecular weight excluding hydrogens is 342 g/mol. The lowest BCUT2D eigenvalue weighted by molar-refractivity contribution is 0.00486. The second kappa shape index (κ2) is 7.30. The van der Waals surface area contributed by atoms with Crippen LogP contribution in [-0.2, 0) is 4.74 Å². The first-order chi connectivity index (χ1) is 13.1. The van der Waals surface area contributed by atoms with Gasteiger partial charge in [0.15, 0.2) is 5.82 Å². The highest BCUT2D eigenvalue weighted by molar-refractivity contribution is 5.79. The fourth-order valence-corrected chi connectivity index (χ4v) is 2.96. The van der Waals surface area contributed by atoms with Crippen molar-refractivity contribution in [3.05, 3.63) is 60.7 Å². The van der Waals surface area contributed by atoms with Gasteiger partial charge in [0.2, 0.25) is 0 Å². The molecule has 0 spiro atoms. The Labute approximate surface area is 156 Å². The van der Waals surface area contributed by atoms with Crippen LogP contribution in [0.25, 0.3) is 28.1 Å². The van der Waals surface area contributed by atoms with Crippen molar-refractivity contribution in [2.45, 2.75) is 26.1 Å². The summed E-state index contributed by atoms with van der Waals surface area (Å²) in [6, 6.07) is 11.9. The molecule has 4 rings (SSSR count). The van der Waals surface area contributed by atoms with Gasteiger partial charge in [-0.1, -0.05) is 12.1 Å². The van der Waals surface area contributed by atoms with E-state index in [4.69, 9.17) is 4.74 Å².